The molecule has 0 N–H and O–H groups in total. The molecule has 6 heteroatoms. The normalized spacial score (nSPS) is 29.7. The topological polar surface area (TPSA) is 66.2 Å². The van der Waals surface area contributed by atoms with Gasteiger partial charge in [-0.05, 0) is 48.8 Å². The van der Waals surface area contributed by atoms with Gasteiger partial charge in [0.2, 0.25) is 0 Å². The van der Waals surface area contributed by atoms with Gasteiger partial charge in [-0.3, -0.25) is 4.98 Å². The van der Waals surface area contributed by atoms with E-state index in [1.165, 1.54) is 0 Å². The number of hydrogen-bond donors (Lipinski definition) is 0. The fourth-order valence-electron chi connectivity index (χ4n) is 3.33. The Labute approximate surface area is 138 Å². The molecule has 2 fully saturated rings. The molecular formula is C16H18BrN3O2. The molecule has 1 aromatic heterocycles. The van der Waals surface area contributed by atoms with Crippen LogP contribution in [0.5, 0.6) is 0 Å². The van der Waals surface area contributed by atoms with Crippen molar-refractivity contribution in [3.8, 4) is 6.07 Å². The number of ether oxygens (including phenoxy) is 1. The van der Waals surface area contributed by atoms with Crippen LogP contribution < -0.4 is 0 Å². The molecule has 5 nitrogen and oxygen atoms in total. The van der Waals surface area contributed by atoms with E-state index < -0.39 is 11.0 Å². The van der Waals surface area contributed by atoms with E-state index in [1.54, 1.807) is 11.1 Å². The molecule has 3 atom stereocenters. The number of likely N-dealkylation sites (tertiary alicyclic amines) is 1. The molecule has 1 saturated carbocycles. The maximum absolute atomic E-state index is 12.1. The predicted molar refractivity (Wildman–Crippen MR) is 84.0 cm³/mol. The fraction of sp³-hybridized carbons (Fsp3) is 0.562. The summed E-state index contributed by atoms with van der Waals surface area (Å²) in [5.74, 6) is 0.303. The minimum absolute atomic E-state index is 0.152. The number of rotatable bonds is 1. The number of hydrogen-bond acceptors (Lipinski definition) is 4. The molecule has 1 amide bonds. The summed E-state index contributed by atoms with van der Waals surface area (Å²) in [4.78, 5) is 18.2. The zero-order chi connectivity index (χ0) is 16.1. The average molecular weight is 364 g/mol. The summed E-state index contributed by atoms with van der Waals surface area (Å²) >= 11 is 3.36. The smallest absolute Gasteiger partial charge is 0.410 e. The van der Waals surface area contributed by atoms with Crippen molar-refractivity contribution >= 4 is 22.0 Å². The Morgan fingerprint density at radius 3 is 2.55 bits per heavy atom. The van der Waals surface area contributed by atoms with Crippen LogP contribution in [0.2, 0.25) is 0 Å². The van der Waals surface area contributed by atoms with E-state index in [0.29, 0.717) is 13.1 Å². The fourth-order valence-corrected chi connectivity index (χ4v) is 3.56. The van der Waals surface area contributed by atoms with Crippen LogP contribution in [-0.2, 0) is 10.2 Å². The highest BCUT2D eigenvalue weighted by atomic mass is 79.9. The van der Waals surface area contributed by atoms with Crippen molar-refractivity contribution in [2.45, 2.75) is 31.8 Å². The van der Waals surface area contributed by atoms with Crippen molar-refractivity contribution in [1.29, 1.82) is 5.26 Å². The highest BCUT2D eigenvalue weighted by Gasteiger charge is 2.71. The average Bonchev–Trinajstić information content (AvgIpc) is 2.81. The van der Waals surface area contributed by atoms with Gasteiger partial charge in [0.1, 0.15) is 11.0 Å². The lowest BCUT2D eigenvalue weighted by Gasteiger charge is -2.27. The second-order valence-electron chi connectivity index (χ2n) is 6.94. The Hall–Kier alpha value is -1.61. The first kappa shape index (κ1) is 15.3. The van der Waals surface area contributed by atoms with Gasteiger partial charge < -0.3 is 9.64 Å². The van der Waals surface area contributed by atoms with E-state index >= 15 is 0 Å². The zero-order valence-electron chi connectivity index (χ0n) is 12.8. The highest BCUT2D eigenvalue weighted by Crippen LogP contribution is 2.62. The number of carbonyl (C=O) groups excluding carboxylic acids is 1. The maximum atomic E-state index is 12.1. The van der Waals surface area contributed by atoms with Crippen LogP contribution in [0.1, 0.15) is 26.5 Å². The molecule has 116 valence electrons. The van der Waals surface area contributed by atoms with Gasteiger partial charge in [0, 0.05) is 35.6 Å². The summed E-state index contributed by atoms with van der Waals surface area (Å²) in [5, 5.41) is 9.66. The number of piperidine rings is 1. The van der Waals surface area contributed by atoms with Gasteiger partial charge in [0.15, 0.2) is 0 Å². The number of aromatic nitrogens is 1. The van der Waals surface area contributed by atoms with Gasteiger partial charge in [0.05, 0.1) is 11.8 Å². The Morgan fingerprint density at radius 2 is 2.09 bits per heavy atom. The minimum atomic E-state index is -0.542. The Balaban J connectivity index is 1.72. The van der Waals surface area contributed by atoms with E-state index in [0.717, 1.165) is 10.2 Å². The van der Waals surface area contributed by atoms with E-state index in [9.17, 15) is 10.1 Å². The number of halogens is 1. The third-order valence-corrected chi connectivity index (χ3v) is 4.84. The molecular weight excluding hydrogens is 346 g/mol. The van der Waals surface area contributed by atoms with Gasteiger partial charge in [-0.2, -0.15) is 5.26 Å². The maximum Gasteiger partial charge on any atom is 0.410 e. The number of nitrogens with zero attached hydrogens (tertiary/aromatic N) is 3. The molecule has 0 spiro atoms. The molecule has 0 aromatic carbocycles. The molecule has 2 aliphatic rings. The summed E-state index contributed by atoms with van der Waals surface area (Å²) < 4.78 is 6.29. The number of pyridine rings is 1. The first-order chi connectivity index (χ1) is 10.3. The van der Waals surface area contributed by atoms with Crippen LogP contribution in [0, 0.1) is 23.2 Å². The summed E-state index contributed by atoms with van der Waals surface area (Å²) in [6.07, 6.45) is 1.42. The van der Waals surface area contributed by atoms with Crippen LogP contribution in [0.25, 0.3) is 0 Å². The molecule has 1 saturated heterocycles. The van der Waals surface area contributed by atoms with Crippen molar-refractivity contribution in [2.75, 3.05) is 13.1 Å². The van der Waals surface area contributed by atoms with E-state index in [1.807, 2.05) is 32.9 Å². The number of nitriles is 1. The molecule has 0 radical (unpaired) electrons. The molecule has 3 rings (SSSR count). The lowest BCUT2D eigenvalue weighted by Crippen LogP contribution is -2.39. The standard InChI is InChI=1S/C16H18BrN3O2/c1-15(2,3)22-14(21)20-7-11-12(8-20)16(11,9-18)13-5-4-10(17)6-19-13/h4-6,11-12H,7-8H2,1-3H3/t11-,12?,16+/m0/s1. The molecule has 1 aliphatic heterocycles. The van der Waals surface area contributed by atoms with Crippen LogP contribution in [0.3, 0.4) is 0 Å². The molecule has 0 bridgehead atoms. The zero-order valence-corrected chi connectivity index (χ0v) is 14.4. The van der Waals surface area contributed by atoms with E-state index in [2.05, 4.69) is 27.0 Å². The van der Waals surface area contributed by atoms with Crippen LogP contribution in [-0.4, -0.2) is 34.7 Å². The van der Waals surface area contributed by atoms with Crippen molar-refractivity contribution < 1.29 is 9.53 Å². The number of fused-ring (bicyclic) bond motifs is 1. The highest BCUT2D eigenvalue weighted by molar-refractivity contribution is 9.10. The minimum Gasteiger partial charge on any atom is -0.444 e. The molecule has 22 heavy (non-hydrogen) atoms. The second-order valence-corrected chi connectivity index (χ2v) is 7.86. The van der Waals surface area contributed by atoms with Gasteiger partial charge in [-0.15, -0.1) is 0 Å². The Morgan fingerprint density at radius 1 is 1.45 bits per heavy atom. The molecule has 1 aromatic rings. The van der Waals surface area contributed by atoms with Crippen molar-refractivity contribution in [3.63, 3.8) is 0 Å². The third kappa shape index (κ3) is 2.38. The SMILES string of the molecule is CC(C)(C)OC(=O)N1CC2[C@H](C1)[C@@]2(C#N)c1ccc(Br)cn1. The number of carbonyl (C=O) groups is 1. The quantitative estimate of drug-likeness (QED) is 0.768. The summed E-state index contributed by atoms with van der Waals surface area (Å²) in [5.41, 5.74) is -0.236. The molecule has 2 heterocycles. The van der Waals surface area contributed by atoms with Gasteiger partial charge in [0.25, 0.3) is 0 Å². The molecule has 1 unspecified atom stereocenters. The van der Waals surface area contributed by atoms with E-state index in [4.69, 9.17) is 4.74 Å². The summed E-state index contributed by atoms with van der Waals surface area (Å²) in [6, 6.07) is 6.24. The van der Waals surface area contributed by atoms with E-state index in [-0.39, 0.29) is 17.9 Å². The second kappa shape index (κ2) is 4.95. The van der Waals surface area contributed by atoms with Gasteiger partial charge >= 0.3 is 6.09 Å². The van der Waals surface area contributed by atoms with Gasteiger partial charge in [-0.1, -0.05) is 0 Å². The van der Waals surface area contributed by atoms with Crippen LogP contribution in [0.4, 0.5) is 4.79 Å². The third-order valence-electron chi connectivity index (χ3n) is 4.37. The summed E-state index contributed by atoms with van der Waals surface area (Å²) in [7, 11) is 0. The van der Waals surface area contributed by atoms with Crippen LogP contribution in [0.15, 0.2) is 22.8 Å². The van der Waals surface area contributed by atoms with Crippen molar-refractivity contribution in [3.05, 3.63) is 28.5 Å². The van der Waals surface area contributed by atoms with Crippen molar-refractivity contribution in [1.82, 2.24) is 9.88 Å². The Bertz CT molecular complexity index is 633. The first-order valence-electron chi connectivity index (χ1n) is 7.29. The molecule has 1 aliphatic carbocycles. The van der Waals surface area contributed by atoms with Gasteiger partial charge in [-0.25, -0.2) is 4.79 Å². The lowest BCUT2D eigenvalue weighted by atomic mass is 9.96. The number of amides is 1. The first-order valence-corrected chi connectivity index (χ1v) is 8.08. The summed E-state index contributed by atoms with van der Waals surface area (Å²) in [6.45, 7) is 6.68. The van der Waals surface area contributed by atoms with Crippen molar-refractivity contribution in [2.24, 2.45) is 11.8 Å². The Kier molecular flexibility index (Phi) is 3.44. The largest absolute Gasteiger partial charge is 0.444 e. The monoisotopic (exact) mass is 363 g/mol. The lowest BCUT2D eigenvalue weighted by molar-refractivity contribution is 0.0265. The predicted octanol–water partition coefficient (Wildman–Crippen LogP) is 3.10. The van der Waals surface area contributed by atoms with Crippen LogP contribution >= 0.6 is 15.9 Å².